The summed E-state index contributed by atoms with van der Waals surface area (Å²) in [5, 5.41) is 12.2. The van der Waals surface area contributed by atoms with Crippen molar-refractivity contribution < 1.29 is 14.6 Å². The van der Waals surface area contributed by atoms with Gasteiger partial charge in [0.1, 0.15) is 11.5 Å². The van der Waals surface area contributed by atoms with Gasteiger partial charge in [0.25, 0.3) is 0 Å². The first-order valence-corrected chi connectivity index (χ1v) is 4.80. The highest BCUT2D eigenvalue weighted by Crippen LogP contribution is 2.22. The van der Waals surface area contributed by atoms with Crippen LogP contribution < -0.4 is 10.1 Å². The second-order valence-electron chi connectivity index (χ2n) is 3.12. The van der Waals surface area contributed by atoms with Gasteiger partial charge in [0.2, 0.25) is 5.91 Å². The van der Waals surface area contributed by atoms with E-state index in [2.05, 4.69) is 5.32 Å². The third-order valence-electron chi connectivity index (χ3n) is 2.08. The smallest absolute Gasteiger partial charge is 0.219 e. The van der Waals surface area contributed by atoms with Crippen LogP contribution in [-0.2, 0) is 11.3 Å². The number of nitrogens with one attached hydrogen (secondary N) is 1. The SMILES string of the molecule is CCC(=O)NCc1cc(OC)ccc1O. The van der Waals surface area contributed by atoms with Gasteiger partial charge in [-0.15, -0.1) is 0 Å². The summed E-state index contributed by atoms with van der Waals surface area (Å²) in [6.07, 6.45) is 0.435. The van der Waals surface area contributed by atoms with E-state index in [9.17, 15) is 9.90 Å². The number of ether oxygens (including phenoxy) is 1. The molecular formula is C11H15NO3. The van der Waals surface area contributed by atoms with Crippen LogP contribution in [0.1, 0.15) is 18.9 Å². The molecule has 1 rings (SSSR count). The number of carbonyl (C=O) groups excluding carboxylic acids is 1. The van der Waals surface area contributed by atoms with Crippen LogP contribution in [0.5, 0.6) is 11.5 Å². The highest BCUT2D eigenvalue weighted by Gasteiger charge is 2.04. The van der Waals surface area contributed by atoms with Gasteiger partial charge in [-0.2, -0.15) is 0 Å². The molecule has 0 atom stereocenters. The Bertz CT molecular complexity index is 350. The van der Waals surface area contributed by atoms with E-state index in [1.807, 2.05) is 0 Å². The molecule has 0 saturated heterocycles. The quantitative estimate of drug-likeness (QED) is 0.788. The maximum atomic E-state index is 11.0. The van der Waals surface area contributed by atoms with E-state index in [-0.39, 0.29) is 11.7 Å². The molecule has 0 saturated carbocycles. The summed E-state index contributed by atoms with van der Waals surface area (Å²) in [5.74, 6) is 0.776. The summed E-state index contributed by atoms with van der Waals surface area (Å²) in [5.41, 5.74) is 0.649. The van der Waals surface area contributed by atoms with E-state index in [4.69, 9.17) is 4.74 Å². The number of methoxy groups -OCH3 is 1. The minimum Gasteiger partial charge on any atom is -0.508 e. The summed E-state index contributed by atoms with van der Waals surface area (Å²) < 4.78 is 5.02. The topological polar surface area (TPSA) is 58.6 Å². The summed E-state index contributed by atoms with van der Waals surface area (Å²) in [6.45, 7) is 2.09. The van der Waals surface area contributed by atoms with Crippen molar-refractivity contribution in [2.75, 3.05) is 7.11 Å². The predicted molar refractivity (Wildman–Crippen MR) is 56.8 cm³/mol. The first-order valence-electron chi connectivity index (χ1n) is 4.80. The van der Waals surface area contributed by atoms with Gasteiger partial charge < -0.3 is 15.2 Å². The molecule has 1 aromatic rings. The number of amides is 1. The lowest BCUT2D eigenvalue weighted by atomic mass is 10.2. The molecule has 0 radical (unpaired) electrons. The van der Waals surface area contributed by atoms with Crippen LogP contribution in [0.3, 0.4) is 0 Å². The van der Waals surface area contributed by atoms with Crippen molar-refractivity contribution in [1.29, 1.82) is 0 Å². The van der Waals surface area contributed by atoms with E-state index in [1.54, 1.807) is 32.2 Å². The average Bonchev–Trinajstić information content (AvgIpc) is 2.27. The zero-order valence-electron chi connectivity index (χ0n) is 8.91. The highest BCUT2D eigenvalue weighted by molar-refractivity contribution is 5.75. The van der Waals surface area contributed by atoms with Crippen molar-refractivity contribution in [3.63, 3.8) is 0 Å². The molecule has 4 heteroatoms. The Morgan fingerprint density at radius 1 is 1.53 bits per heavy atom. The van der Waals surface area contributed by atoms with E-state index in [0.29, 0.717) is 24.3 Å². The average molecular weight is 209 g/mol. The zero-order chi connectivity index (χ0) is 11.3. The normalized spacial score (nSPS) is 9.73. The molecule has 0 aromatic heterocycles. The van der Waals surface area contributed by atoms with Gasteiger partial charge in [-0.3, -0.25) is 4.79 Å². The fourth-order valence-electron chi connectivity index (χ4n) is 1.15. The van der Waals surface area contributed by atoms with Crippen LogP contribution >= 0.6 is 0 Å². The van der Waals surface area contributed by atoms with Crippen LogP contribution in [0.2, 0.25) is 0 Å². The Labute approximate surface area is 88.9 Å². The summed E-state index contributed by atoms with van der Waals surface area (Å²) in [4.78, 5) is 11.0. The molecular weight excluding hydrogens is 194 g/mol. The van der Waals surface area contributed by atoms with Crippen molar-refractivity contribution in [3.05, 3.63) is 23.8 Å². The number of carbonyl (C=O) groups is 1. The van der Waals surface area contributed by atoms with Gasteiger partial charge in [-0.25, -0.2) is 0 Å². The Morgan fingerprint density at radius 2 is 2.27 bits per heavy atom. The van der Waals surface area contributed by atoms with Crippen LogP contribution in [0.25, 0.3) is 0 Å². The maximum absolute atomic E-state index is 11.0. The fraction of sp³-hybridized carbons (Fsp3) is 0.364. The van der Waals surface area contributed by atoms with Gasteiger partial charge in [-0.1, -0.05) is 6.92 Å². The molecule has 2 N–H and O–H groups in total. The molecule has 0 spiro atoms. The molecule has 0 aliphatic rings. The monoisotopic (exact) mass is 209 g/mol. The third-order valence-corrected chi connectivity index (χ3v) is 2.08. The molecule has 0 unspecified atom stereocenters. The first-order chi connectivity index (χ1) is 7.17. The summed E-state index contributed by atoms with van der Waals surface area (Å²) in [7, 11) is 1.56. The maximum Gasteiger partial charge on any atom is 0.219 e. The van der Waals surface area contributed by atoms with Crippen molar-refractivity contribution in [2.45, 2.75) is 19.9 Å². The molecule has 0 aliphatic heterocycles. The summed E-state index contributed by atoms with van der Waals surface area (Å²) >= 11 is 0. The number of benzene rings is 1. The Hall–Kier alpha value is -1.71. The molecule has 15 heavy (non-hydrogen) atoms. The molecule has 0 fully saturated rings. The van der Waals surface area contributed by atoms with Gasteiger partial charge in [0.15, 0.2) is 0 Å². The Balaban J connectivity index is 2.70. The molecule has 0 bridgehead atoms. The molecule has 0 heterocycles. The molecule has 1 amide bonds. The largest absolute Gasteiger partial charge is 0.508 e. The predicted octanol–water partition coefficient (Wildman–Crippen LogP) is 1.43. The lowest BCUT2D eigenvalue weighted by molar-refractivity contribution is -0.120. The van der Waals surface area contributed by atoms with Crippen molar-refractivity contribution in [1.82, 2.24) is 5.32 Å². The molecule has 82 valence electrons. The number of hydrogen-bond acceptors (Lipinski definition) is 3. The van der Waals surface area contributed by atoms with Crippen LogP contribution in [-0.4, -0.2) is 18.1 Å². The van der Waals surface area contributed by atoms with Crippen molar-refractivity contribution in [2.24, 2.45) is 0 Å². The van der Waals surface area contributed by atoms with Crippen molar-refractivity contribution in [3.8, 4) is 11.5 Å². The second kappa shape index (κ2) is 5.24. The Morgan fingerprint density at radius 3 is 2.87 bits per heavy atom. The summed E-state index contributed by atoms with van der Waals surface area (Å²) in [6, 6.07) is 4.91. The number of phenolic OH excluding ortho intramolecular Hbond substituents is 1. The van der Waals surface area contributed by atoms with E-state index >= 15 is 0 Å². The number of rotatable bonds is 4. The second-order valence-corrected chi connectivity index (χ2v) is 3.12. The minimum atomic E-state index is -0.0442. The Kier molecular flexibility index (Phi) is 3.97. The van der Waals surface area contributed by atoms with E-state index in [0.717, 1.165) is 0 Å². The fourth-order valence-corrected chi connectivity index (χ4v) is 1.15. The van der Waals surface area contributed by atoms with Crippen LogP contribution in [0, 0.1) is 0 Å². The zero-order valence-corrected chi connectivity index (χ0v) is 8.91. The lowest BCUT2D eigenvalue weighted by Gasteiger charge is -2.08. The number of phenols is 1. The van der Waals surface area contributed by atoms with E-state index < -0.39 is 0 Å². The van der Waals surface area contributed by atoms with Crippen LogP contribution in [0.15, 0.2) is 18.2 Å². The first kappa shape index (κ1) is 11.4. The van der Waals surface area contributed by atoms with Crippen molar-refractivity contribution >= 4 is 5.91 Å². The van der Waals surface area contributed by atoms with Gasteiger partial charge in [0.05, 0.1) is 7.11 Å². The molecule has 4 nitrogen and oxygen atoms in total. The number of hydrogen-bond donors (Lipinski definition) is 2. The van der Waals surface area contributed by atoms with Crippen LogP contribution in [0.4, 0.5) is 0 Å². The minimum absolute atomic E-state index is 0.0442. The lowest BCUT2D eigenvalue weighted by Crippen LogP contribution is -2.21. The van der Waals surface area contributed by atoms with Gasteiger partial charge >= 0.3 is 0 Å². The molecule has 0 aliphatic carbocycles. The van der Waals surface area contributed by atoms with Gasteiger partial charge in [-0.05, 0) is 18.2 Å². The third kappa shape index (κ3) is 3.16. The van der Waals surface area contributed by atoms with Gasteiger partial charge in [0, 0.05) is 18.5 Å². The molecule has 1 aromatic carbocycles. The number of aromatic hydroxyl groups is 1. The standard InChI is InChI=1S/C11H15NO3/c1-3-11(14)12-7-8-6-9(15-2)4-5-10(8)13/h4-6,13H,3,7H2,1-2H3,(H,12,14). The van der Waals surface area contributed by atoms with E-state index in [1.165, 1.54) is 0 Å². The highest BCUT2D eigenvalue weighted by atomic mass is 16.5.